The van der Waals surface area contributed by atoms with E-state index in [4.69, 9.17) is 0 Å². The molecule has 1 unspecified atom stereocenters. The highest BCUT2D eigenvalue weighted by Gasteiger charge is 2.27. The van der Waals surface area contributed by atoms with Gasteiger partial charge in [-0.05, 0) is 59.4 Å². The summed E-state index contributed by atoms with van der Waals surface area (Å²) in [6, 6.07) is 25.9. The van der Waals surface area contributed by atoms with E-state index in [1.165, 1.54) is 45.5 Å². The molecule has 128 valence electrons. The van der Waals surface area contributed by atoms with Crippen molar-refractivity contribution in [1.82, 2.24) is 0 Å². The molecule has 3 aromatic rings. The molecule has 1 aliphatic carbocycles. The maximum atomic E-state index is 13.4. The summed E-state index contributed by atoms with van der Waals surface area (Å²) in [4.78, 5) is 0. The number of hydrogen-bond donors (Lipinski definition) is 0. The first-order valence-electron chi connectivity index (χ1n) is 8.95. The standard InChI is InChI=1S/C25H21F/c1-17(2)25(19-8-4-3-5-9-19)24-16-23(18-12-14-20(26)15-13-18)21-10-6-7-11-22(21)24/h3-16,24H,1-2H3. The molecule has 0 fully saturated rings. The molecule has 0 amide bonds. The van der Waals surface area contributed by atoms with Gasteiger partial charge in [-0.1, -0.05) is 78.4 Å². The zero-order valence-electron chi connectivity index (χ0n) is 15.0. The molecule has 4 rings (SSSR count). The highest BCUT2D eigenvalue weighted by molar-refractivity contribution is 5.91. The van der Waals surface area contributed by atoms with E-state index in [-0.39, 0.29) is 11.7 Å². The molecule has 0 radical (unpaired) electrons. The molecule has 0 saturated carbocycles. The van der Waals surface area contributed by atoms with E-state index < -0.39 is 0 Å². The maximum Gasteiger partial charge on any atom is 0.123 e. The van der Waals surface area contributed by atoms with E-state index in [0.717, 1.165) is 5.56 Å². The zero-order chi connectivity index (χ0) is 18.1. The van der Waals surface area contributed by atoms with E-state index in [2.05, 4.69) is 74.5 Å². The third-order valence-electron chi connectivity index (χ3n) is 5.01. The Hall–Kier alpha value is -2.93. The summed E-state index contributed by atoms with van der Waals surface area (Å²) in [5.41, 5.74) is 8.69. The molecule has 1 atom stereocenters. The van der Waals surface area contributed by atoms with Crippen molar-refractivity contribution in [2.75, 3.05) is 0 Å². The van der Waals surface area contributed by atoms with Crippen molar-refractivity contribution in [2.45, 2.75) is 19.8 Å². The van der Waals surface area contributed by atoms with E-state index in [9.17, 15) is 4.39 Å². The lowest BCUT2D eigenvalue weighted by atomic mass is 9.85. The van der Waals surface area contributed by atoms with Gasteiger partial charge in [-0.3, -0.25) is 0 Å². The molecule has 0 spiro atoms. The molecular weight excluding hydrogens is 319 g/mol. The monoisotopic (exact) mass is 340 g/mol. The lowest BCUT2D eigenvalue weighted by molar-refractivity contribution is 0.627. The molecule has 0 bridgehead atoms. The van der Waals surface area contributed by atoms with Gasteiger partial charge >= 0.3 is 0 Å². The molecule has 1 aliphatic rings. The molecule has 0 aliphatic heterocycles. The van der Waals surface area contributed by atoms with Crippen molar-refractivity contribution < 1.29 is 4.39 Å². The van der Waals surface area contributed by atoms with Crippen molar-refractivity contribution in [3.8, 4) is 0 Å². The molecule has 26 heavy (non-hydrogen) atoms. The van der Waals surface area contributed by atoms with Crippen LogP contribution >= 0.6 is 0 Å². The number of rotatable bonds is 3. The first kappa shape index (κ1) is 16.5. The average Bonchev–Trinajstić information content (AvgIpc) is 3.03. The van der Waals surface area contributed by atoms with E-state index in [1.54, 1.807) is 0 Å². The molecule has 0 saturated heterocycles. The minimum Gasteiger partial charge on any atom is -0.207 e. The summed E-state index contributed by atoms with van der Waals surface area (Å²) < 4.78 is 13.4. The van der Waals surface area contributed by atoms with Gasteiger partial charge in [-0.2, -0.15) is 0 Å². The van der Waals surface area contributed by atoms with Crippen LogP contribution in [0.5, 0.6) is 0 Å². The van der Waals surface area contributed by atoms with Crippen LogP contribution in [0, 0.1) is 5.82 Å². The van der Waals surface area contributed by atoms with E-state index in [1.807, 2.05) is 12.1 Å². The Balaban J connectivity index is 1.89. The quantitative estimate of drug-likeness (QED) is 0.489. The van der Waals surface area contributed by atoms with Crippen LogP contribution < -0.4 is 0 Å². The van der Waals surface area contributed by atoms with Crippen molar-refractivity contribution in [2.24, 2.45) is 0 Å². The number of benzene rings is 3. The van der Waals surface area contributed by atoms with Crippen molar-refractivity contribution in [3.05, 3.63) is 119 Å². The first-order chi connectivity index (χ1) is 12.6. The Kier molecular flexibility index (Phi) is 4.30. The van der Waals surface area contributed by atoms with Crippen LogP contribution in [0.2, 0.25) is 0 Å². The second kappa shape index (κ2) is 6.76. The summed E-state index contributed by atoms with van der Waals surface area (Å²) in [5, 5.41) is 0. The normalized spacial score (nSPS) is 15.3. The molecule has 0 nitrogen and oxygen atoms in total. The Morgan fingerprint density at radius 2 is 1.42 bits per heavy atom. The molecular formula is C25H21F. The molecule has 3 aromatic carbocycles. The Bertz CT molecular complexity index is 988. The van der Waals surface area contributed by atoms with Crippen molar-refractivity contribution >= 4 is 11.1 Å². The Morgan fingerprint density at radius 3 is 2.12 bits per heavy atom. The fourth-order valence-corrected chi connectivity index (χ4v) is 3.88. The topological polar surface area (TPSA) is 0 Å². The predicted molar refractivity (Wildman–Crippen MR) is 107 cm³/mol. The lowest BCUT2D eigenvalue weighted by Gasteiger charge is -2.18. The van der Waals surface area contributed by atoms with E-state index in [0.29, 0.717) is 0 Å². The average molecular weight is 340 g/mol. The third kappa shape index (κ3) is 2.90. The van der Waals surface area contributed by atoms with Crippen LogP contribution in [0.4, 0.5) is 4.39 Å². The lowest BCUT2D eigenvalue weighted by Crippen LogP contribution is -1.99. The minimum absolute atomic E-state index is 0.202. The predicted octanol–water partition coefficient (Wildman–Crippen LogP) is 6.85. The van der Waals surface area contributed by atoms with Crippen LogP contribution in [0.15, 0.2) is 90.5 Å². The van der Waals surface area contributed by atoms with Crippen LogP contribution in [0.3, 0.4) is 0 Å². The van der Waals surface area contributed by atoms with Gasteiger partial charge in [0.2, 0.25) is 0 Å². The van der Waals surface area contributed by atoms with Gasteiger partial charge in [-0.25, -0.2) is 4.39 Å². The first-order valence-corrected chi connectivity index (χ1v) is 8.95. The minimum atomic E-state index is -0.202. The Labute approximate surface area is 154 Å². The van der Waals surface area contributed by atoms with E-state index >= 15 is 0 Å². The van der Waals surface area contributed by atoms with Gasteiger partial charge in [0.1, 0.15) is 5.82 Å². The maximum absolute atomic E-state index is 13.4. The smallest absolute Gasteiger partial charge is 0.123 e. The van der Waals surface area contributed by atoms with Crippen LogP contribution in [-0.2, 0) is 0 Å². The van der Waals surface area contributed by atoms with Gasteiger partial charge in [-0.15, -0.1) is 0 Å². The largest absolute Gasteiger partial charge is 0.207 e. The number of fused-ring (bicyclic) bond motifs is 1. The van der Waals surface area contributed by atoms with Gasteiger partial charge in [0.25, 0.3) is 0 Å². The number of hydrogen-bond acceptors (Lipinski definition) is 0. The number of halogens is 1. The highest BCUT2D eigenvalue weighted by atomic mass is 19.1. The molecule has 0 heterocycles. The highest BCUT2D eigenvalue weighted by Crippen LogP contribution is 2.46. The van der Waals surface area contributed by atoms with Gasteiger partial charge in [0.15, 0.2) is 0 Å². The summed E-state index contributed by atoms with van der Waals surface area (Å²) in [6.07, 6.45) is 2.33. The summed E-state index contributed by atoms with van der Waals surface area (Å²) in [5.74, 6) is 0.00473. The van der Waals surface area contributed by atoms with Crippen LogP contribution in [0.1, 0.15) is 42.0 Å². The van der Waals surface area contributed by atoms with Crippen molar-refractivity contribution in [3.63, 3.8) is 0 Å². The SMILES string of the molecule is CC(C)=C(c1ccccc1)C1C=C(c2ccc(F)cc2)c2ccccc21. The molecule has 0 aromatic heterocycles. The summed E-state index contributed by atoms with van der Waals surface area (Å²) in [6.45, 7) is 4.35. The van der Waals surface area contributed by atoms with Gasteiger partial charge in [0.05, 0.1) is 0 Å². The number of allylic oxidation sites excluding steroid dienone is 3. The zero-order valence-corrected chi connectivity index (χ0v) is 15.0. The second-order valence-electron chi connectivity index (χ2n) is 6.93. The fraction of sp³-hybridized carbons (Fsp3) is 0.120. The van der Waals surface area contributed by atoms with Crippen molar-refractivity contribution in [1.29, 1.82) is 0 Å². The second-order valence-corrected chi connectivity index (χ2v) is 6.93. The fourth-order valence-electron chi connectivity index (χ4n) is 3.88. The molecule has 1 heteroatoms. The molecule has 0 N–H and O–H groups in total. The third-order valence-corrected chi connectivity index (χ3v) is 5.01. The van der Waals surface area contributed by atoms with Gasteiger partial charge in [0, 0.05) is 5.92 Å². The Morgan fingerprint density at radius 1 is 0.769 bits per heavy atom. The van der Waals surface area contributed by atoms with Crippen LogP contribution in [-0.4, -0.2) is 0 Å². The van der Waals surface area contributed by atoms with Gasteiger partial charge < -0.3 is 0 Å². The van der Waals surface area contributed by atoms with Crippen LogP contribution in [0.25, 0.3) is 11.1 Å². The summed E-state index contributed by atoms with van der Waals surface area (Å²) in [7, 11) is 0. The summed E-state index contributed by atoms with van der Waals surface area (Å²) >= 11 is 0.